The largest absolute Gasteiger partial charge is 0.480 e. The van der Waals surface area contributed by atoms with E-state index < -0.39 is 5.97 Å². The first-order chi connectivity index (χ1) is 8.19. The molecular weight excluding hydrogens is 222 g/mol. The molecule has 0 saturated heterocycles. The molecule has 6 heteroatoms. The third-order valence-electron chi connectivity index (χ3n) is 2.67. The van der Waals surface area contributed by atoms with Crippen molar-refractivity contribution in [3.63, 3.8) is 0 Å². The first-order valence-electron chi connectivity index (χ1n) is 5.95. The van der Waals surface area contributed by atoms with Crippen molar-refractivity contribution in [3.05, 3.63) is 11.7 Å². The Morgan fingerprint density at radius 3 is 2.94 bits per heavy atom. The molecule has 6 nitrogen and oxygen atoms in total. The Morgan fingerprint density at radius 2 is 2.35 bits per heavy atom. The van der Waals surface area contributed by atoms with E-state index in [0.717, 1.165) is 25.8 Å². The Balaban J connectivity index is 1.92. The van der Waals surface area contributed by atoms with Crippen LogP contribution < -0.4 is 0 Å². The number of nitrogens with zero attached hydrogens (tertiary/aromatic N) is 3. The number of rotatable bonds is 7. The van der Waals surface area contributed by atoms with Gasteiger partial charge in [-0.15, -0.1) is 0 Å². The van der Waals surface area contributed by atoms with E-state index in [1.54, 1.807) is 0 Å². The number of hydrogen-bond acceptors (Lipinski definition) is 5. The van der Waals surface area contributed by atoms with Gasteiger partial charge in [-0.25, -0.2) is 0 Å². The summed E-state index contributed by atoms with van der Waals surface area (Å²) in [7, 11) is 0. The molecule has 0 atom stereocenters. The van der Waals surface area contributed by atoms with Crippen LogP contribution in [0.25, 0.3) is 0 Å². The third-order valence-corrected chi connectivity index (χ3v) is 2.67. The van der Waals surface area contributed by atoms with Gasteiger partial charge in [0.2, 0.25) is 5.89 Å². The Hall–Kier alpha value is -1.43. The second kappa shape index (κ2) is 5.27. The van der Waals surface area contributed by atoms with E-state index in [1.165, 1.54) is 0 Å². The van der Waals surface area contributed by atoms with Gasteiger partial charge < -0.3 is 9.63 Å². The monoisotopic (exact) mass is 239 g/mol. The minimum Gasteiger partial charge on any atom is -0.480 e. The molecule has 0 unspecified atom stereocenters. The van der Waals surface area contributed by atoms with Gasteiger partial charge in [-0.3, -0.25) is 9.69 Å². The van der Waals surface area contributed by atoms with Crippen molar-refractivity contribution in [2.45, 2.75) is 38.6 Å². The topological polar surface area (TPSA) is 79.5 Å². The van der Waals surface area contributed by atoms with Crippen molar-refractivity contribution < 1.29 is 14.4 Å². The van der Waals surface area contributed by atoms with Crippen LogP contribution in [0.4, 0.5) is 0 Å². The number of carboxylic acid groups (broad SMARTS) is 1. The van der Waals surface area contributed by atoms with Crippen LogP contribution in [0.15, 0.2) is 4.52 Å². The SMILES string of the molecule is CCCN(CC(=O)O)Cc1noc(C2CC2)n1. The summed E-state index contributed by atoms with van der Waals surface area (Å²) in [4.78, 5) is 16.8. The van der Waals surface area contributed by atoms with E-state index in [9.17, 15) is 4.79 Å². The lowest BCUT2D eigenvalue weighted by atomic mass is 10.4. The molecule has 0 bridgehead atoms. The molecule has 1 saturated carbocycles. The van der Waals surface area contributed by atoms with Crippen LogP contribution in [0.1, 0.15) is 43.8 Å². The highest BCUT2D eigenvalue weighted by molar-refractivity contribution is 5.69. The fraction of sp³-hybridized carbons (Fsp3) is 0.727. The summed E-state index contributed by atoms with van der Waals surface area (Å²) in [5, 5.41) is 12.7. The molecule has 1 aromatic heterocycles. The van der Waals surface area contributed by atoms with E-state index in [1.807, 2.05) is 11.8 Å². The van der Waals surface area contributed by atoms with Crippen molar-refractivity contribution in [2.24, 2.45) is 0 Å². The van der Waals surface area contributed by atoms with E-state index >= 15 is 0 Å². The molecule has 17 heavy (non-hydrogen) atoms. The van der Waals surface area contributed by atoms with Gasteiger partial charge in [0.15, 0.2) is 5.82 Å². The van der Waals surface area contributed by atoms with Crippen molar-refractivity contribution in [1.29, 1.82) is 0 Å². The van der Waals surface area contributed by atoms with Gasteiger partial charge in [0.25, 0.3) is 0 Å². The highest BCUT2D eigenvalue weighted by atomic mass is 16.5. The molecule has 0 spiro atoms. The molecule has 0 radical (unpaired) electrons. The number of aliphatic carboxylic acids is 1. The highest BCUT2D eigenvalue weighted by Crippen LogP contribution is 2.38. The molecule has 0 aromatic carbocycles. The average Bonchev–Trinajstić information content (AvgIpc) is 3.00. The average molecular weight is 239 g/mol. The summed E-state index contributed by atoms with van der Waals surface area (Å²) in [5.74, 6) is 0.896. The third kappa shape index (κ3) is 3.52. The predicted octanol–water partition coefficient (Wildman–Crippen LogP) is 1.24. The molecule has 1 aliphatic rings. The van der Waals surface area contributed by atoms with Gasteiger partial charge in [0, 0.05) is 5.92 Å². The lowest BCUT2D eigenvalue weighted by Gasteiger charge is -2.16. The fourth-order valence-electron chi connectivity index (χ4n) is 1.75. The van der Waals surface area contributed by atoms with Gasteiger partial charge in [-0.2, -0.15) is 4.98 Å². The zero-order chi connectivity index (χ0) is 12.3. The lowest BCUT2D eigenvalue weighted by Crippen LogP contribution is -2.30. The smallest absolute Gasteiger partial charge is 0.317 e. The second-order valence-electron chi connectivity index (χ2n) is 4.43. The van der Waals surface area contributed by atoms with Crippen molar-refractivity contribution in [2.75, 3.05) is 13.1 Å². The van der Waals surface area contributed by atoms with Crippen LogP contribution in [-0.4, -0.2) is 39.2 Å². The second-order valence-corrected chi connectivity index (χ2v) is 4.43. The van der Waals surface area contributed by atoms with Crippen molar-refractivity contribution >= 4 is 5.97 Å². The van der Waals surface area contributed by atoms with Crippen LogP contribution in [0.5, 0.6) is 0 Å². The molecule has 1 aliphatic carbocycles. The fourth-order valence-corrected chi connectivity index (χ4v) is 1.75. The van der Waals surface area contributed by atoms with Gasteiger partial charge in [0.1, 0.15) is 0 Å². The van der Waals surface area contributed by atoms with Gasteiger partial charge >= 0.3 is 5.97 Å². The van der Waals surface area contributed by atoms with Crippen molar-refractivity contribution in [1.82, 2.24) is 15.0 Å². The number of hydrogen-bond donors (Lipinski definition) is 1. The summed E-state index contributed by atoms with van der Waals surface area (Å²) in [6.45, 7) is 3.19. The standard InChI is InChI=1S/C11H17N3O3/c1-2-5-14(7-10(15)16)6-9-12-11(17-13-9)8-3-4-8/h8H,2-7H2,1H3,(H,15,16). The van der Waals surface area contributed by atoms with E-state index in [0.29, 0.717) is 24.2 Å². The summed E-state index contributed by atoms with van der Waals surface area (Å²) in [5.41, 5.74) is 0. The van der Waals surface area contributed by atoms with E-state index in [-0.39, 0.29) is 6.54 Å². The Bertz CT molecular complexity index is 387. The maximum atomic E-state index is 10.7. The molecule has 1 heterocycles. The van der Waals surface area contributed by atoms with Crippen LogP contribution >= 0.6 is 0 Å². The minimum absolute atomic E-state index is 0.0150. The van der Waals surface area contributed by atoms with Crippen molar-refractivity contribution in [3.8, 4) is 0 Å². The minimum atomic E-state index is -0.829. The predicted molar refractivity (Wildman–Crippen MR) is 59.5 cm³/mol. The van der Waals surface area contributed by atoms with Crippen LogP contribution in [0, 0.1) is 0 Å². The lowest BCUT2D eigenvalue weighted by molar-refractivity contribution is -0.138. The highest BCUT2D eigenvalue weighted by Gasteiger charge is 2.29. The quantitative estimate of drug-likeness (QED) is 0.771. The summed E-state index contributed by atoms with van der Waals surface area (Å²) < 4.78 is 5.14. The normalized spacial score (nSPS) is 15.4. The molecule has 0 aliphatic heterocycles. The number of aromatic nitrogens is 2. The Labute approximate surface area is 99.6 Å². The summed E-state index contributed by atoms with van der Waals surface area (Å²) >= 11 is 0. The van der Waals surface area contributed by atoms with E-state index in [4.69, 9.17) is 9.63 Å². The first-order valence-corrected chi connectivity index (χ1v) is 5.95. The maximum absolute atomic E-state index is 10.7. The number of carboxylic acids is 1. The summed E-state index contributed by atoms with van der Waals surface area (Å²) in [6.07, 6.45) is 3.14. The molecule has 94 valence electrons. The molecule has 1 fully saturated rings. The van der Waals surface area contributed by atoms with Crippen LogP contribution in [-0.2, 0) is 11.3 Å². The Morgan fingerprint density at radius 1 is 1.59 bits per heavy atom. The van der Waals surface area contributed by atoms with Crippen LogP contribution in [0.3, 0.4) is 0 Å². The Kier molecular flexibility index (Phi) is 3.73. The molecular formula is C11H17N3O3. The van der Waals surface area contributed by atoms with Crippen LogP contribution in [0.2, 0.25) is 0 Å². The van der Waals surface area contributed by atoms with Gasteiger partial charge in [-0.05, 0) is 25.8 Å². The molecule has 1 aromatic rings. The van der Waals surface area contributed by atoms with Gasteiger partial charge in [0.05, 0.1) is 13.1 Å². The maximum Gasteiger partial charge on any atom is 0.317 e. The zero-order valence-corrected chi connectivity index (χ0v) is 9.93. The molecule has 2 rings (SSSR count). The van der Waals surface area contributed by atoms with Gasteiger partial charge in [-0.1, -0.05) is 12.1 Å². The zero-order valence-electron chi connectivity index (χ0n) is 9.93. The first kappa shape index (κ1) is 12.0. The number of carbonyl (C=O) groups is 1. The molecule has 1 N–H and O–H groups in total. The molecule has 0 amide bonds. The van der Waals surface area contributed by atoms with E-state index in [2.05, 4.69) is 10.1 Å². The summed E-state index contributed by atoms with van der Waals surface area (Å²) in [6, 6.07) is 0.